The van der Waals surface area contributed by atoms with Crippen LogP contribution in [0.1, 0.15) is 77.6 Å². The van der Waals surface area contributed by atoms with E-state index in [1.165, 1.54) is 64.2 Å². The molecular formula is C16H30. The predicted molar refractivity (Wildman–Crippen MR) is 75.3 cm³/mol. The molecule has 0 rings (SSSR count). The van der Waals surface area contributed by atoms with Crippen LogP contribution < -0.4 is 0 Å². The first-order chi connectivity index (χ1) is 7.91. The molecule has 0 spiro atoms. The van der Waals surface area contributed by atoms with Crippen LogP contribution in [0.5, 0.6) is 0 Å². The molecule has 0 heteroatoms. The fourth-order valence-corrected chi connectivity index (χ4v) is 1.76. The average molecular weight is 222 g/mol. The van der Waals surface area contributed by atoms with Crippen LogP contribution in [0.2, 0.25) is 0 Å². The van der Waals surface area contributed by atoms with E-state index in [4.69, 9.17) is 0 Å². The summed E-state index contributed by atoms with van der Waals surface area (Å²) in [5, 5.41) is 0. The third-order valence-corrected chi connectivity index (χ3v) is 2.85. The smallest absolute Gasteiger partial charge is 0.0319 e. The monoisotopic (exact) mass is 222 g/mol. The molecule has 0 heterocycles. The molecule has 2 radical (unpaired) electrons. The van der Waals surface area contributed by atoms with E-state index in [1.807, 2.05) is 0 Å². The van der Waals surface area contributed by atoms with Crippen LogP contribution in [-0.2, 0) is 0 Å². The zero-order valence-electron chi connectivity index (χ0n) is 11.2. The number of unbranched alkanes of at least 4 members (excludes halogenated alkanes) is 10. The highest BCUT2D eigenvalue weighted by atomic mass is 13.9. The van der Waals surface area contributed by atoms with Crippen LogP contribution in [-0.4, -0.2) is 0 Å². The fraction of sp³-hybridized carbons (Fsp3) is 0.750. The summed E-state index contributed by atoms with van der Waals surface area (Å²) in [5.74, 6) is 0. The van der Waals surface area contributed by atoms with Gasteiger partial charge in [0.05, 0.1) is 0 Å². The zero-order chi connectivity index (χ0) is 11.9. The Morgan fingerprint density at radius 2 is 1.56 bits per heavy atom. The van der Waals surface area contributed by atoms with Crippen molar-refractivity contribution in [2.75, 3.05) is 0 Å². The van der Waals surface area contributed by atoms with Gasteiger partial charge < -0.3 is 0 Å². The summed E-state index contributed by atoms with van der Waals surface area (Å²) in [5.41, 5.74) is 0. The minimum Gasteiger partial charge on any atom is -0.0885 e. The SMILES string of the molecule is [CH2]CCCCCC=CC[CH]CCCCCC. The summed E-state index contributed by atoms with van der Waals surface area (Å²) in [6, 6.07) is 0. The summed E-state index contributed by atoms with van der Waals surface area (Å²) in [4.78, 5) is 0. The molecule has 0 aromatic carbocycles. The maximum atomic E-state index is 3.85. The summed E-state index contributed by atoms with van der Waals surface area (Å²) in [7, 11) is 0. The maximum Gasteiger partial charge on any atom is -0.0319 e. The second-order valence-corrected chi connectivity index (χ2v) is 4.55. The molecule has 0 bridgehead atoms. The van der Waals surface area contributed by atoms with Crippen LogP contribution in [0.15, 0.2) is 12.2 Å². The average Bonchev–Trinajstić information content (AvgIpc) is 2.31. The van der Waals surface area contributed by atoms with E-state index in [9.17, 15) is 0 Å². The summed E-state index contributed by atoms with van der Waals surface area (Å²) < 4.78 is 0. The van der Waals surface area contributed by atoms with Crippen molar-refractivity contribution in [2.45, 2.75) is 77.6 Å². The second kappa shape index (κ2) is 14.7. The third kappa shape index (κ3) is 13.7. The van der Waals surface area contributed by atoms with Crippen molar-refractivity contribution < 1.29 is 0 Å². The van der Waals surface area contributed by atoms with Crippen LogP contribution in [0.25, 0.3) is 0 Å². The quantitative estimate of drug-likeness (QED) is 0.285. The van der Waals surface area contributed by atoms with Crippen molar-refractivity contribution in [2.24, 2.45) is 0 Å². The Balaban J connectivity index is 2.98. The van der Waals surface area contributed by atoms with Gasteiger partial charge in [-0.3, -0.25) is 0 Å². The van der Waals surface area contributed by atoms with E-state index in [2.05, 4.69) is 32.4 Å². The van der Waals surface area contributed by atoms with Gasteiger partial charge in [0.1, 0.15) is 0 Å². The Bertz CT molecular complexity index is 135. The van der Waals surface area contributed by atoms with Gasteiger partial charge in [0, 0.05) is 0 Å². The first kappa shape index (κ1) is 15.7. The second-order valence-electron chi connectivity index (χ2n) is 4.55. The minimum absolute atomic E-state index is 1.09. The van der Waals surface area contributed by atoms with Crippen LogP contribution in [0.3, 0.4) is 0 Å². The fourth-order valence-electron chi connectivity index (χ4n) is 1.76. The van der Waals surface area contributed by atoms with Gasteiger partial charge in [0.15, 0.2) is 0 Å². The van der Waals surface area contributed by atoms with Crippen molar-refractivity contribution in [3.63, 3.8) is 0 Å². The van der Waals surface area contributed by atoms with Crippen molar-refractivity contribution in [3.8, 4) is 0 Å². The van der Waals surface area contributed by atoms with Gasteiger partial charge in [-0.2, -0.15) is 0 Å². The predicted octanol–water partition coefficient (Wildman–Crippen LogP) is 5.89. The Hall–Kier alpha value is -0.260. The Kier molecular flexibility index (Phi) is 14.5. The minimum atomic E-state index is 1.09. The highest BCUT2D eigenvalue weighted by molar-refractivity contribution is 4.86. The molecule has 0 amide bonds. The van der Waals surface area contributed by atoms with E-state index in [1.54, 1.807) is 0 Å². The van der Waals surface area contributed by atoms with Crippen molar-refractivity contribution in [3.05, 3.63) is 25.5 Å². The first-order valence-corrected chi connectivity index (χ1v) is 7.17. The zero-order valence-corrected chi connectivity index (χ0v) is 11.2. The van der Waals surface area contributed by atoms with Crippen LogP contribution >= 0.6 is 0 Å². The molecule has 0 fully saturated rings. The molecule has 0 aliphatic carbocycles. The molecule has 16 heavy (non-hydrogen) atoms. The molecule has 0 aromatic heterocycles. The molecule has 0 nitrogen and oxygen atoms in total. The van der Waals surface area contributed by atoms with Crippen molar-refractivity contribution in [1.29, 1.82) is 0 Å². The lowest BCUT2D eigenvalue weighted by Crippen LogP contribution is -1.79. The lowest BCUT2D eigenvalue weighted by molar-refractivity contribution is 0.658. The number of allylic oxidation sites excluding steroid dienone is 2. The van der Waals surface area contributed by atoms with Crippen molar-refractivity contribution in [1.82, 2.24) is 0 Å². The largest absolute Gasteiger partial charge is 0.0885 e. The lowest BCUT2D eigenvalue weighted by atomic mass is 10.1. The van der Waals surface area contributed by atoms with Gasteiger partial charge in [-0.05, 0) is 32.1 Å². The number of rotatable bonds is 12. The Morgan fingerprint density at radius 1 is 0.812 bits per heavy atom. The summed E-state index contributed by atoms with van der Waals surface area (Å²) in [6.07, 6.45) is 21.4. The van der Waals surface area contributed by atoms with Gasteiger partial charge in [0.25, 0.3) is 0 Å². The standard InChI is InChI=1S/C16H30/c1-3-5-7-9-11-13-15-16-14-12-10-8-6-4-2/h13-15H,1,3-12,16H2,2H3. The van der Waals surface area contributed by atoms with Crippen molar-refractivity contribution >= 4 is 0 Å². The Morgan fingerprint density at radius 3 is 2.31 bits per heavy atom. The van der Waals surface area contributed by atoms with E-state index < -0.39 is 0 Å². The molecule has 0 saturated heterocycles. The molecule has 0 aromatic rings. The maximum absolute atomic E-state index is 3.85. The summed E-state index contributed by atoms with van der Waals surface area (Å²) >= 11 is 0. The normalized spacial score (nSPS) is 11.4. The molecule has 0 N–H and O–H groups in total. The molecule has 0 saturated carbocycles. The number of hydrogen-bond acceptors (Lipinski definition) is 0. The molecule has 0 unspecified atom stereocenters. The van der Waals surface area contributed by atoms with Gasteiger partial charge in [-0.25, -0.2) is 0 Å². The third-order valence-electron chi connectivity index (χ3n) is 2.85. The van der Waals surface area contributed by atoms with Crippen LogP contribution in [0, 0.1) is 13.3 Å². The lowest BCUT2D eigenvalue weighted by Gasteiger charge is -1.97. The highest BCUT2D eigenvalue weighted by Crippen LogP contribution is 2.07. The topological polar surface area (TPSA) is 0 Å². The first-order valence-electron chi connectivity index (χ1n) is 7.17. The van der Waals surface area contributed by atoms with E-state index in [0.29, 0.717) is 0 Å². The van der Waals surface area contributed by atoms with Gasteiger partial charge in [-0.1, -0.05) is 70.9 Å². The Labute approximate surface area is 104 Å². The molecule has 0 aliphatic rings. The molecular weight excluding hydrogens is 192 g/mol. The van der Waals surface area contributed by atoms with Gasteiger partial charge >= 0.3 is 0 Å². The van der Waals surface area contributed by atoms with Gasteiger partial charge in [-0.15, -0.1) is 0 Å². The van der Waals surface area contributed by atoms with E-state index in [0.717, 1.165) is 6.42 Å². The molecule has 0 aliphatic heterocycles. The van der Waals surface area contributed by atoms with Gasteiger partial charge in [0.2, 0.25) is 0 Å². The highest BCUT2D eigenvalue weighted by Gasteiger charge is 1.88. The van der Waals surface area contributed by atoms with E-state index >= 15 is 0 Å². The number of hydrogen-bond donors (Lipinski definition) is 0. The molecule has 0 atom stereocenters. The molecule has 94 valence electrons. The summed E-state index contributed by atoms with van der Waals surface area (Å²) in [6.45, 7) is 6.12. The van der Waals surface area contributed by atoms with E-state index in [-0.39, 0.29) is 0 Å². The van der Waals surface area contributed by atoms with Crippen LogP contribution in [0.4, 0.5) is 0 Å².